The number of methoxy groups -OCH3 is 1. The fraction of sp³-hybridized carbons (Fsp3) is 0.263. The maximum Gasteiger partial charge on any atom is 0.267 e. The average Bonchev–Trinajstić information content (AvgIpc) is 2.94. The van der Waals surface area contributed by atoms with E-state index in [1.807, 2.05) is 13.0 Å². The molecule has 1 N–H and O–H groups in total. The molecule has 0 spiro atoms. The van der Waals surface area contributed by atoms with Crippen molar-refractivity contribution in [1.82, 2.24) is 14.3 Å². The van der Waals surface area contributed by atoms with Gasteiger partial charge in [0.05, 0.1) is 23.6 Å². The fourth-order valence-corrected chi connectivity index (χ4v) is 3.99. The number of carbonyl (C=O) groups excluding carboxylic acids is 1. The molecular weight excluding hydrogens is 396 g/mol. The van der Waals surface area contributed by atoms with Crippen LogP contribution in [0.25, 0.3) is 11.7 Å². The van der Waals surface area contributed by atoms with Crippen molar-refractivity contribution in [3.8, 4) is 0 Å². The van der Waals surface area contributed by atoms with Crippen LogP contribution in [0, 0.1) is 6.92 Å². The summed E-state index contributed by atoms with van der Waals surface area (Å²) >= 11 is 6.46. The van der Waals surface area contributed by atoms with E-state index in [9.17, 15) is 9.59 Å². The summed E-state index contributed by atoms with van der Waals surface area (Å²) in [5, 5.41) is 3.08. The average molecular weight is 417 g/mol. The zero-order valence-corrected chi connectivity index (χ0v) is 17.2. The fourth-order valence-electron chi connectivity index (χ4n) is 2.70. The SMILES string of the molecule is C=CCNc1nc2ccc(C)cn2c(=O)c1C=C1SC(=S)N(CCOC)C1=O. The molecular formula is C19H20N4O3S2. The number of thiocarbonyl (C=S) groups is 1. The van der Waals surface area contributed by atoms with Crippen LogP contribution in [0.4, 0.5) is 5.82 Å². The lowest BCUT2D eigenvalue weighted by Gasteiger charge is -2.13. The molecule has 2 aromatic rings. The number of nitrogens with zero attached hydrogens (tertiary/aromatic N) is 3. The first kappa shape index (κ1) is 20.2. The Balaban J connectivity index is 2.10. The molecule has 9 heteroatoms. The molecule has 28 heavy (non-hydrogen) atoms. The smallest absolute Gasteiger partial charge is 0.267 e. The summed E-state index contributed by atoms with van der Waals surface area (Å²) in [5.74, 6) is 0.159. The highest BCUT2D eigenvalue weighted by atomic mass is 32.2. The molecule has 2 aromatic heterocycles. The molecule has 146 valence electrons. The third kappa shape index (κ3) is 4.01. The Bertz CT molecular complexity index is 1050. The van der Waals surface area contributed by atoms with Crippen LogP contribution in [0.3, 0.4) is 0 Å². The molecule has 0 unspecified atom stereocenters. The second kappa shape index (κ2) is 8.68. The van der Waals surface area contributed by atoms with E-state index in [2.05, 4.69) is 16.9 Å². The van der Waals surface area contributed by atoms with Crippen molar-refractivity contribution in [3.05, 3.63) is 57.4 Å². The molecule has 0 saturated carbocycles. The quantitative estimate of drug-likeness (QED) is 0.422. The maximum atomic E-state index is 13.1. The highest BCUT2D eigenvalue weighted by molar-refractivity contribution is 8.26. The predicted octanol–water partition coefficient (Wildman–Crippen LogP) is 2.45. The monoisotopic (exact) mass is 416 g/mol. The minimum Gasteiger partial charge on any atom is -0.383 e. The first-order valence-electron chi connectivity index (χ1n) is 8.58. The van der Waals surface area contributed by atoms with Crippen molar-refractivity contribution >= 4 is 51.7 Å². The van der Waals surface area contributed by atoms with E-state index < -0.39 is 0 Å². The van der Waals surface area contributed by atoms with Crippen LogP contribution in [0.15, 0.2) is 40.7 Å². The molecule has 3 heterocycles. The first-order valence-corrected chi connectivity index (χ1v) is 9.81. The van der Waals surface area contributed by atoms with Crippen LogP contribution in [0.5, 0.6) is 0 Å². The molecule has 7 nitrogen and oxygen atoms in total. The van der Waals surface area contributed by atoms with Gasteiger partial charge in [-0.15, -0.1) is 6.58 Å². The number of hydrogen-bond donors (Lipinski definition) is 1. The van der Waals surface area contributed by atoms with Gasteiger partial charge in [-0.25, -0.2) is 4.98 Å². The van der Waals surface area contributed by atoms with Gasteiger partial charge in [0.1, 0.15) is 15.8 Å². The summed E-state index contributed by atoms with van der Waals surface area (Å²) in [6.07, 6.45) is 4.96. The Morgan fingerprint density at radius 1 is 1.39 bits per heavy atom. The van der Waals surface area contributed by atoms with Gasteiger partial charge in [-0.05, 0) is 24.6 Å². The molecule has 1 aliphatic heterocycles. The standard InChI is InChI=1S/C19H20N4O3S2/c1-4-7-20-16-13(17(24)23-11-12(2)5-6-15(23)21-16)10-14-18(25)22(8-9-26-3)19(27)28-14/h4-6,10-11,20H,1,7-9H2,2-3H3. The summed E-state index contributed by atoms with van der Waals surface area (Å²) < 4.78 is 6.95. The molecule has 0 aromatic carbocycles. The Labute approximate surface area is 172 Å². The van der Waals surface area contributed by atoms with E-state index in [0.717, 1.165) is 5.56 Å². The number of amides is 1. The molecule has 0 aliphatic carbocycles. The third-order valence-corrected chi connectivity index (χ3v) is 5.47. The van der Waals surface area contributed by atoms with Gasteiger partial charge in [-0.3, -0.25) is 18.9 Å². The minimum atomic E-state index is -0.262. The van der Waals surface area contributed by atoms with Gasteiger partial charge in [-0.2, -0.15) is 0 Å². The van der Waals surface area contributed by atoms with Crippen molar-refractivity contribution in [2.24, 2.45) is 0 Å². The van der Waals surface area contributed by atoms with Gasteiger partial charge in [0.25, 0.3) is 11.5 Å². The number of carbonyl (C=O) groups is 1. The van der Waals surface area contributed by atoms with Crippen molar-refractivity contribution in [2.45, 2.75) is 6.92 Å². The number of anilines is 1. The lowest BCUT2D eigenvalue weighted by molar-refractivity contribution is -0.122. The lowest BCUT2D eigenvalue weighted by Crippen LogP contribution is -2.31. The molecule has 3 rings (SSSR count). The number of nitrogens with one attached hydrogen (secondary N) is 1. The number of ether oxygens (including phenoxy) is 1. The Hall–Kier alpha value is -2.49. The number of pyridine rings is 1. The second-order valence-electron chi connectivity index (χ2n) is 6.11. The number of aryl methyl sites for hydroxylation is 1. The number of fused-ring (bicyclic) bond motifs is 1. The van der Waals surface area contributed by atoms with Gasteiger partial charge < -0.3 is 10.1 Å². The summed E-state index contributed by atoms with van der Waals surface area (Å²) in [6, 6.07) is 3.67. The maximum absolute atomic E-state index is 13.1. The van der Waals surface area contributed by atoms with E-state index in [1.165, 1.54) is 21.1 Å². The van der Waals surface area contributed by atoms with Crippen LogP contribution in [0.1, 0.15) is 11.1 Å². The van der Waals surface area contributed by atoms with Crippen molar-refractivity contribution < 1.29 is 9.53 Å². The van der Waals surface area contributed by atoms with E-state index in [-0.39, 0.29) is 11.5 Å². The minimum absolute atomic E-state index is 0.240. The van der Waals surface area contributed by atoms with Crippen LogP contribution in [-0.2, 0) is 9.53 Å². The number of hydrogen-bond acceptors (Lipinski definition) is 7. The van der Waals surface area contributed by atoms with Crippen LogP contribution in [-0.4, -0.2) is 51.3 Å². The predicted molar refractivity (Wildman–Crippen MR) is 117 cm³/mol. The van der Waals surface area contributed by atoms with Crippen LogP contribution in [0.2, 0.25) is 0 Å². The van der Waals surface area contributed by atoms with Gasteiger partial charge in [0.2, 0.25) is 0 Å². The summed E-state index contributed by atoms with van der Waals surface area (Å²) in [7, 11) is 1.56. The zero-order valence-electron chi connectivity index (χ0n) is 15.6. The molecule has 1 saturated heterocycles. The third-order valence-electron chi connectivity index (χ3n) is 4.09. The molecule has 0 atom stereocenters. The Kier molecular flexibility index (Phi) is 6.28. The first-order chi connectivity index (χ1) is 13.5. The second-order valence-corrected chi connectivity index (χ2v) is 7.79. The summed E-state index contributed by atoms with van der Waals surface area (Å²) in [4.78, 5) is 32.2. The van der Waals surface area contributed by atoms with E-state index in [0.29, 0.717) is 46.0 Å². The van der Waals surface area contributed by atoms with E-state index in [1.54, 1.807) is 31.5 Å². The molecule has 1 aliphatic rings. The Morgan fingerprint density at radius 3 is 2.89 bits per heavy atom. The number of thioether (sulfide) groups is 1. The topological polar surface area (TPSA) is 75.9 Å². The normalized spacial score (nSPS) is 15.6. The number of rotatable bonds is 7. The molecule has 0 radical (unpaired) electrons. The van der Waals surface area contributed by atoms with Gasteiger partial charge in [0, 0.05) is 19.9 Å². The largest absolute Gasteiger partial charge is 0.383 e. The van der Waals surface area contributed by atoms with Gasteiger partial charge >= 0.3 is 0 Å². The lowest BCUT2D eigenvalue weighted by atomic mass is 10.2. The van der Waals surface area contributed by atoms with Gasteiger partial charge in [-0.1, -0.05) is 36.1 Å². The van der Waals surface area contributed by atoms with Crippen molar-refractivity contribution in [3.63, 3.8) is 0 Å². The van der Waals surface area contributed by atoms with Crippen LogP contribution < -0.4 is 10.9 Å². The summed E-state index contributed by atoms with van der Waals surface area (Å²) in [5.41, 5.74) is 1.49. The molecule has 0 bridgehead atoms. The highest BCUT2D eigenvalue weighted by Crippen LogP contribution is 2.32. The molecule has 1 fully saturated rings. The van der Waals surface area contributed by atoms with Crippen molar-refractivity contribution in [1.29, 1.82) is 0 Å². The van der Waals surface area contributed by atoms with E-state index >= 15 is 0 Å². The highest BCUT2D eigenvalue weighted by Gasteiger charge is 2.32. The number of aromatic nitrogens is 2. The van der Waals surface area contributed by atoms with Crippen LogP contribution >= 0.6 is 24.0 Å². The molecule has 1 amide bonds. The Morgan fingerprint density at radius 2 is 2.18 bits per heavy atom. The van der Waals surface area contributed by atoms with Gasteiger partial charge in [0.15, 0.2) is 0 Å². The van der Waals surface area contributed by atoms with E-state index in [4.69, 9.17) is 17.0 Å². The zero-order chi connectivity index (χ0) is 20.3. The van der Waals surface area contributed by atoms with Crippen molar-refractivity contribution in [2.75, 3.05) is 32.1 Å². The summed E-state index contributed by atoms with van der Waals surface area (Å²) in [6.45, 7) is 6.77.